The van der Waals surface area contributed by atoms with Crippen molar-refractivity contribution in [3.05, 3.63) is 58.8 Å². The predicted molar refractivity (Wildman–Crippen MR) is 161 cm³/mol. The number of fused-ring (bicyclic) bond motifs is 1. The first-order valence-electron chi connectivity index (χ1n) is 14.1. The van der Waals surface area contributed by atoms with E-state index in [1.54, 1.807) is 38.1 Å². The fourth-order valence-electron chi connectivity index (χ4n) is 5.54. The Bertz CT molecular complexity index is 1540. The van der Waals surface area contributed by atoms with Crippen molar-refractivity contribution in [1.82, 2.24) is 24.8 Å². The second kappa shape index (κ2) is 12.1. The zero-order valence-corrected chi connectivity index (χ0v) is 24.8. The molecule has 0 atom stereocenters. The monoisotopic (exact) mass is 593 g/mol. The number of rotatable bonds is 8. The van der Waals surface area contributed by atoms with E-state index in [-0.39, 0.29) is 18.6 Å². The zero-order chi connectivity index (χ0) is 30.0. The molecule has 11 heteroatoms. The van der Waals surface area contributed by atoms with E-state index in [0.29, 0.717) is 47.5 Å². The van der Waals surface area contributed by atoms with Gasteiger partial charge in [-0.05, 0) is 68.2 Å². The number of ether oxygens (including phenoxy) is 1. The summed E-state index contributed by atoms with van der Waals surface area (Å²) in [5, 5.41) is 19.1. The molecule has 2 aromatic heterocycles. The SMILES string of the molecule is CN(CCO)C(=O)N1CC=C(c2ccc(-c3nc4nc(OC=C5CCC(C(C)(C)C(=O)O)CC5)[nH]c4cc3Cl)cc2)C1. The van der Waals surface area contributed by atoms with Crippen molar-refractivity contribution in [2.24, 2.45) is 11.3 Å². The lowest BCUT2D eigenvalue weighted by atomic mass is 9.70. The smallest absolute Gasteiger partial charge is 0.320 e. The highest BCUT2D eigenvalue weighted by atomic mass is 35.5. The van der Waals surface area contributed by atoms with Gasteiger partial charge in [-0.25, -0.2) is 9.78 Å². The fraction of sp³-hybridized carbons (Fsp3) is 0.419. The molecule has 42 heavy (non-hydrogen) atoms. The van der Waals surface area contributed by atoms with Crippen molar-refractivity contribution < 1.29 is 24.5 Å². The van der Waals surface area contributed by atoms with Gasteiger partial charge in [-0.1, -0.05) is 41.9 Å². The number of urea groups is 1. The Morgan fingerprint density at radius 1 is 1.19 bits per heavy atom. The molecule has 3 N–H and O–H groups in total. The van der Waals surface area contributed by atoms with Gasteiger partial charge in [0.05, 0.1) is 34.5 Å². The van der Waals surface area contributed by atoms with Crippen LogP contribution in [-0.4, -0.2) is 80.3 Å². The molecular weight excluding hydrogens is 558 g/mol. The maximum Gasteiger partial charge on any atom is 0.320 e. The molecule has 1 fully saturated rings. The van der Waals surface area contributed by atoms with Crippen LogP contribution in [0.2, 0.25) is 5.02 Å². The van der Waals surface area contributed by atoms with Gasteiger partial charge in [0, 0.05) is 32.2 Å². The van der Waals surface area contributed by atoms with Crippen LogP contribution < -0.4 is 4.74 Å². The molecule has 0 bridgehead atoms. The lowest BCUT2D eigenvalue weighted by Crippen LogP contribution is -2.41. The van der Waals surface area contributed by atoms with Crippen molar-refractivity contribution in [2.75, 3.05) is 33.3 Å². The van der Waals surface area contributed by atoms with Crippen molar-refractivity contribution in [3.63, 3.8) is 0 Å². The number of H-pyrrole nitrogens is 1. The van der Waals surface area contributed by atoms with E-state index < -0.39 is 11.4 Å². The molecule has 0 spiro atoms. The third-order valence-corrected chi connectivity index (χ3v) is 8.71. The molecule has 0 saturated heterocycles. The highest BCUT2D eigenvalue weighted by Crippen LogP contribution is 2.40. The van der Waals surface area contributed by atoms with Gasteiger partial charge in [0.15, 0.2) is 5.65 Å². The summed E-state index contributed by atoms with van der Waals surface area (Å²) < 4.78 is 5.83. The van der Waals surface area contributed by atoms with Crippen LogP contribution in [0.4, 0.5) is 4.79 Å². The molecule has 10 nitrogen and oxygen atoms in total. The summed E-state index contributed by atoms with van der Waals surface area (Å²) in [5.41, 5.74) is 5.06. The van der Waals surface area contributed by atoms with Gasteiger partial charge >= 0.3 is 18.0 Å². The van der Waals surface area contributed by atoms with Crippen LogP contribution in [0.5, 0.6) is 6.01 Å². The first-order chi connectivity index (χ1) is 20.1. The zero-order valence-electron chi connectivity index (χ0n) is 24.1. The number of aromatic amines is 1. The predicted octanol–water partition coefficient (Wildman–Crippen LogP) is 5.59. The van der Waals surface area contributed by atoms with Crippen LogP contribution in [-0.2, 0) is 4.79 Å². The van der Waals surface area contributed by atoms with E-state index >= 15 is 0 Å². The van der Waals surface area contributed by atoms with E-state index in [2.05, 4.69) is 15.0 Å². The molecule has 3 heterocycles. The minimum atomic E-state index is -0.755. The Morgan fingerprint density at radius 2 is 1.88 bits per heavy atom. The van der Waals surface area contributed by atoms with Gasteiger partial charge in [0.2, 0.25) is 0 Å². The van der Waals surface area contributed by atoms with E-state index in [4.69, 9.17) is 21.4 Å². The second-order valence-electron chi connectivity index (χ2n) is 11.5. The third kappa shape index (κ3) is 6.15. The summed E-state index contributed by atoms with van der Waals surface area (Å²) in [5.74, 6) is -0.620. The van der Waals surface area contributed by atoms with E-state index in [9.17, 15) is 14.7 Å². The number of pyridine rings is 1. The van der Waals surface area contributed by atoms with Crippen LogP contribution >= 0.6 is 11.6 Å². The highest BCUT2D eigenvalue weighted by Gasteiger charge is 2.38. The standard InChI is InChI=1S/C31H36ClN5O5/c1-31(2,28(39)40)23-10-4-19(5-11-23)18-42-29-33-25-16-24(32)26(34-27(25)35-29)21-8-6-20(7-9-21)22-12-13-37(17-22)30(41)36(3)14-15-38/h6-9,12,16,18,23,38H,4-5,10-11,13-15,17H2,1-3H3,(H,39,40)(H,33,34,35). The second-order valence-corrected chi connectivity index (χ2v) is 11.9. The van der Waals surface area contributed by atoms with Crippen molar-refractivity contribution in [1.29, 1.82) is 0 Å². The molecule has 1 aliphatic heterocycles. The Balaban J connectivity index is 1.24. The number of amides is 2. The normalized spacial score (nSPS) is 17.4. The highest BCUT2D eigenvalue weighted by molar-refractivity contribution is 6.33. The molecule has 2 amide bonds. The van der Waals surface area contributed by atoms with Crippen LogP contribution in [0.1, 0.15) is 45.1 Å². The molecule has 222 valence electrons. The van der Waals surface area contributed by atoms with Crippen LogP contribution in [0.3, 0.4) is 0 Å². The van der Waals surface area contributed by atoms with Gasteiger partial charge < -0.3 is 29.7 Å². The summed E-state index contributed by atoms with van der Waals surface area (Å²) in [7, 11) is 1.68. The van der Waals surface area contributed by atoms with Gasteiger partial charge in [-0.15, -0.1) is 0 Å². The van der Waals surface area contributed by atoms with E-state index in [0.717, 1.165) is 48.0 Å². The molecule has 1 saturated carbocycles. The van der Waals surface area contributed by atoms with Crippen molar-refractivity contribution in [2.45, 2.75) is 39.5 Å². The molecule has 5 rings (SSSR count). The van der Waals surface area contributed by atoms with Gasteiger partial charge in [-0.3, -0.25) is 4.79 Å². The van der Waals surface area contributed by atoms with Crippen LogP contribution in [0, 0.1) is 11.3 Å². The number of nitrogens with one attached hydrogen (secondary N) is 1. The maximum atomic E-state index is 12.5. The van der Waals surface area contributed by atoms with Crippen LogP contribution in [0.25, 0.3) is 28.0 Å². The quantitative estimate of drug-likeness (QED) is 0.290. The molecule has 0 unspecified atom stereocenters. The maximum absolute atomic E-state index is 12.5. The number of imidazole rings is 1. The minimum Gasteiger partial charge on any atom is -0.481 e. The number of carboxylic acids is 1. The molecule has 2 aliphatic rings. The first-order valence-corrected chi connectivity index (χ1v) is 14.5. The minimum absolute atomic E-state index is 0.0680. The number of carboxylic acid groups (broad SMARTS) is 1. The molecule has 3 aromatic rings. The number of aliphatic hydroxyl groups excluding tert-OH is 1. The summed E-state index contributed by atoms with van der Waals surface area (Å²) in [6, 6.07) is 9.88. The average Bonchev–Trinajstić information content (AvgIpc) is 3.63. The molecular formula is C31H36ClN5O5. The van der Waals surface area contributed by atoms with Gasteiger partial charge in [0.1, 0.15) is 0 Å². The fourth-order valence-corrected chi connectivity index (χ4v) is 5.80. The number of aliphatic carboxylic acids is 1. The topological polar surface area (TPSA) is 132 Å². The Kier molecular flexibility index (Phi) is 8.56. The summed E-state index contributed by atoms with van der Waals surface area (Å²) >= 11 is 6.61. The number of nitrogens with zero attached hydrogens (tertiary/aromatic N) is 4. The number of likely N-dealkylation sites (N-methyl/N-ethyl adjacent to an activating group) is 1. The van der Waals surface area contributed by atoms with Gasteiger partial charge in [0.25, 0.3) is 0 Å². The summed E-state index contributed by atoms with van der Waals surface area (Å²) in [6.45, 7) is 4.86. The average molecular weight is 594 g/mol. The Hall–Kier alpha value is -3.89. The Labute approximate surface area is 249 Å². The number of aliphatic hydroxyl groups is 1. The van der Waals surface area contributed by atoms with E-state index in [1.807, 2.05) is 30.3 Å². The lowest BCUT2D eigenvalue weighted by Gasteiger charge is -2.34. The summed E-state index contributed by atoms with van der Waals surface area (Å²) in [4.78, 5) is 39.7. The molecule has 1 aliphatic carbocycles. The first kappa shape index (κ1) is 29.6. The number of halogens is 1. The van der Waals surface area contributed by atoms with Crippen molar-refractivity contribution >= 4 is 40.3 Å². The molecule has 1 aromatic carbocycles. The number of allylic oxidation sites excluding steroid dienone is 1. The number of carbonyl (C=O) groups excluding carboxylic acids is 1. The van der Waals surface area contributed by atoms with Crippen molar-refractivity contribution in [3.8, 4) is 17.3 Å². The van der Waals surface area contributed by atoms with E-state index in [1.165, 1.54) is 4.90 Å². The third-order valence-electron chi connectivity index (χ3n) is 8.42. The van der Waals surface area contributed by atoms with Crippen LogP contribution in [0.15, 0.2) is 48.2 Å². The lowest BCUT2D eigenvalue weighted by molar-refractivity contribution is -0.150. The Morgan fingerprint density at radius 3 is 2.55 bits per heavy atom. The van der Waals surface area contributed by atoms with Gasteiger partial charge in [-0.2, -0.15) is 4.98 Å². The summed E-state index contributed by atoms with van der Waals surface area (Å²) in [6.07, 6.45) is 6.95. The molecule has 0 radical (unpaired) electrons. The number of carbonyl (C=O) groups is 2. The number of hydrogen-bond acceptors (Lipinski definition) is 6. The number of hydrogen-bond donors (Lipinski definition) is 3. The number of benzene rings is 1. The largest absolute Gasteiger partial charge is 0.481 e. The number of aromatic nitrogens is 3.